The van der Waals surface area contributed by atoms with Gasteiger partial charge in [0.1, 0.15) is 11.9 Å². The fourth-order valence-corrected chi connectivity index (χ4v) is 4.21. The zero-order valence-corrected chi connectivity index (χ0v) is 17.3. The predicted molar refractivity (Wildman–Crippen MR) is 115 cm³/mol. The summed E-state index contributed by atoms with van der Waals surface area (Å²) >= 11 is 12.3. The average Bonchev–Trinajstić information content (AvgIpc) is 2.72. The number of anilines is 1. The summed E-state index contributed by atoms with van der Waals surface area (Å²) in [6, 6.07) is 10.9. The third-order valence-corrected chi connectivity index (χ3v) is 5.81. The van der Waals surface area contributed by atoms with E-state index < -0.39 is 11.9 Å². The third-order valence-electron chi connectivity index (χ3n) is 5.10. The molecular weight excluding hydrogens is 412 g/mol. The number of halogens is 3. The molecule has 1 aliphatic rings. The largest absolute Gasteiger partial charge is 0.482 e. The lowest BCUT2D eigenvalue weighted by Crippen LogP contribution is -2.23. The van der Waals surface area contributed by atoms with Crippen LogP contribution in [0, 0.1) is 5.82 Å². The first-order valence-corrected chi connectivity index (χ1v) is 10.1. The topological polar surface area (TPSA) is 60.2 Å². The molecule has 0 saturated carbocycles. The number of fused-ring (bicyclic) bond motifs is 1. The molecule has 4 nitrogen and oxygen atoms in total. The van der Waals surface area contributed by atoms with Crippen molar-refractivity contribution in [2.45, 2.75) is 26.0 Å². The van der Waals surface area contributed by atoms with E-state index in [1.165, 1.54) is 23.3 Å². The van der Waals surface area contributed by atoms with Crippen molar-refractivity contribution in [2.75, 3.05) is 12.3 Å². The van der Waals surface area contributed by atoms with Crippen LogP contribution in [0.5, 0.6) is 5.75 Å². The van der Waals surface area contributed by atoms with E-state index in [9.17, 15) is 4.39 Å². The SMILES string of the molecule is C[C@@H](Oc1cc(-c2ccc3c(c2)CNCC3)cnc1N)c1c(Cl)ccc(F)c1Cl. The van der Waals surface area contributed by atoms with Gasteiger partial charge in [0.15, 0.2) is 11.6 Å². The molecule has 2 heterocycles. The Bertz CT molecular complexity index is 1070. The Morgan fingerprint density at radius 1 is 1.14 bits per heavy atom. The second-order valence-electron chi connectivity index (χ2n) is 7.03. The third kappa shape index (κ3) is 4.04. The van der Waals surface area contributed by atoms with Crippen molar-refractivity contribution < 1.29 is 9.13 Å². The Kier molecular flexibility index (Phi) is 5.63. The highest BCUT2D eigenvalue weighted by Crippen LogP contribution is 2.37. The highest BCUT2D eigenvalue weighted by atomic mass is 35.5. The van der Waals surface area contributed by atoms with E-state index in [1.54, 1.807) is 13.1 Å². The van der Waals surface area contributed by atoms with Gasteiger partial charge >= 0.3 is 0 Å². The van der Waals surface area contributed by atoms with Gasteiger partial charge in [-0.05, 0) is 60.8 Å². The number of pyridine rings is 1. The van der Waals surface area contributed by atoms with Crippen LogP contribution < -0.4 is 15.8 Å². The van der Waals surface area contributed by atoms with Crippen LogP contribution in [0.2, 0.25) is 10.0 Å². The summed E-state index contributed by atoms with van der Waals surface area (Å²) in [5, 5.41) is 3.65. The van der Waals surface area contributed by atoms with Crippen LogP contribution in [-0.4, -0.2) is 11.5 Å². The monoisotopic (exact) mass is 431 g/mol. The number of nitrogens with two attached hydrogens (primary N) is 1. The van der Waals surface area contributed by atoms with Gasteiger partial charge in [-0.2, -0.15) is 0 Å². The minimum absolute atomic E-state index is 0.0603. The lowest BCUT2D eigenvalue weighted by atomic mass is 9.96. The molecule has 0 radical (unpaired) electrons. The average molecular weight is 432 g/mol. The molecule has 1 aromatic heterocycles. The maximum atomic E-state index is 13.9. The Labute approximate surface area is 178 Å². The van der Waals surface area contributed by atoms with E-state index in [0.29, 0.717) is 16.3 Å². The Morgan fingerprint density at radius 3 is 2.79 bits per heavy atom. The molecule has 0 bridgehead atoms. The van der Waals surface area contributed by atoms with Gasteiger partial charge in [-0.15, -0.1) is 0 Å². The number of nitrogens with one attached hydrogen (secondary N) is 1. The van der Waals surface area contributed by atoms with Crippen LogP contribution in [0.25, 0.3) is 11.1 Å². The van der Waals surface area contributed by atoms with Gasteiger partial charge in [-0.3, -0.25) is 0 Å². The highest BCUT2D eigenvalue weighted by molar-refractivity contribution is 6.36. The van der Waals surface area contributed by atoms with Crippen molar-refractivity contribution in [1.29, 1.82) is 0 Å². The molecule has 29 heavy (non-hydrogen) atoms. The number of nitrogens with zero attached hydrogens (tertiary/aromatic N) is 1. The summed E-state index contributed by atoms with van der Waals surface area (Å²) in [5.74, 6) is 0.0788. The molecule has 3 aromatic rings. The van der Waals surface area contributed by atoms with Gasteiger partial charge in [-0.1, -0.05) is 35.3 Å². The quantitative estimate of drug-likeness (QED) is 0.530. The molecule has 0 amide bonds. The molecule has 0 aliphatic carbocycles. The first kappa shape index (κ1) is 20.0. The summed E-state index contributed by atoms with van der Waals surface area (Å²) in [6.07, 6.45) is 2.13. The number of hydrogen-bond acceptors (Lipinski definition) is 4. The Hall–Kier alpha value is -2.34. The maximum absolute atomic E-state index is 13.9. The van der Waals surface area contributed by atoms with Crippen LogP contribution in [0.1, 0.15) is 29.7 Å². The van der Waals surface area contributed by atoms with Gasteiger partial charge in [0.25, 0.3) is 0 Å². The van der Waals surface area contributed by atoms with Crippen LogP contribution in [0.15, 0.2) is 42.6 Å². The van der Waals surface area contributed by atoms with Crippen molar-refractivity contribution in [3.8, 4) is 16.9 Å². The van der Waals surface area contributed by atoms with Crippen LogP contribution in [-0.2, 0) is 13.0 Å². The zero-order valence-electron chi connectivity index (χ0n) is 15.8. The summed E-state index contributed by atoms with van der Waals surface area (Å²) in [4.78, 5) is 4.27. The molecule has 1 aliphatic heterocycles. The molecule has 3 N–H and O–H groups in total. The Balaban J connectivity index is 1.65. The van der Waals surface area contributed by atoms with E-state index in [-0.39, 0.29) is 10.8 Å². The minimum atomic E-state index is -0.613. The number of rotatable bonds is 4. The van der Waals surface area contributed by atoms with E-state index in [1.807, 2.05) is 6.07 Å². The second-order valence-corrected chi connectivity index (χ2v) is 7.82. The Morgan fingerprint density at radius 2 is 1.97 bits per heavy atom. The lowest BCUT2D eigenvalue weighted by Gasteiger charge is -2.20. The second kappa shape index (κ2) is 8.19. The number of nitrogen functional groups attached to an aromatic ring is 1. The van der Waals surface area contributed by atoms with E-state index in [0.717, 1.165) is 30.6 Å². The van der Waals surface area contributed by atoms with E-state index in [4.69, 9.17) is 33.7 Å². The molecule has 0 saturated heterocycles. The fraction of sp³-hybridized carbons (Fsp3) is 0.227. The number of hydrogen-bond donors (Lipinski definition) is 2. The standard InChI is InChI=1S/C22H20Cl2FN3O/c1-12(20-17(23)4-5-18(25)21(20)24)29-19-9-16(11-28-22(19)26)14-3-2-13-6-7-27-10-15(13)8-14/h2-5,8-9,11-12,27H,6-7,10H2,1H3,(H2,26,28)/t12-/m1/s1. The molecule has 0 unspecified atom stereocenters. The van der Waals surface area contributed by atoms with Gasteiger partial charge in [-0.25, -0.2) is 9.37 Å². The lowest BCUT2D eigenvalue weighted by molar-refractivity contribution is 0.227. The van der Waals surface area contributed by atoms with Gasteiger partial charge in [0, 0.05) is 28.9 Å². The molecule has 0 fully saturated rings. The molecular formula is C22H20Cl2FN3O. The highest BCUT2D eigenvalue weighted by Gasteiger charge is 2.20. The molecule has 0 spiro atoms. The normalized spacial score (nSPS) is 14.3. The van der Waals surface area contributed by atoms with Crippen molar-refractivity contribution in [1.82, 2.24) is 10.3 Å². The van der Waals surface area contributed by atoms with Gasteiger partial charge in [0.2, 0.25) is 0 Å². The summed E-state index contributed by atoms with van der Waals surface area (Å²) in [6.45, 7) is 3.59. The van der Waals surface area contributed by atoms with Crippen LogP contribution >= 0.6 is 23.2 Å². The van der Waals surface area contributed by atoms with Crippen molar-refractivity contribution in [2.24, 2.45) is 0 Å². The number of aromatic nitrogens is 1. The van der Waals surface area contributed by atoms with Crippen molar-refractivity contribution in [3.63, 3.8) is 0 Å². The molecule has 7 heteroatoms. The summed E-state index contributed by atoms with van der Waals surface area (Å²) < 4.78 is 19.9. The predicted octanol–water partition coefficient (Wildman–Crippen LogP) is 5.56. The van der Waals surface area contributed by atoms with Gasteiger partial charge < -0.3 is 15.8 Å². The summed E-state index contributed by atoms with van der Waals surface area (Å²) in [5.41, 5.74) is 10.9. The van der Waals surface area contributed by atoms with Crippen molar-refractivity contribution >= 4 is 29.0 Å². The first-order valence-electron chi connectivity index (χ1n) is 9.32. The zero-order chi connectivity index (χ0) is 20.5. The van der Waals surface area contributed by atoms with Crippen molar-refractivity contribution in [3.05, 3.63) is 75.1 Å². The number of ether oxygens (including phenoxy) is 1. The maximum Gasteiger partial charge on any atom is 0.166 e. The molecule has 1 atom stereocenters. The smallest absolute Gasteiger partial charge is 0.166 e. The first-order chi connectivity index (χ1) is 13.9. The summed E-state index contributed by atoms with van der Waals surface area (Å²) in [7, 11) is 0. The van der Waals surface area contributed by atoms with E-state index in [2.05, 4.69) is 28.5 Å². The van der Waals surface area contributed by atoms with Gasteiger partial charge in [0.05, 0.1) is 5.02 Å². The van der Waals surface area contributed by atoms with Crippen LogP contribution in [0.3, 0.4) is 0 Å². The fourth-order valence-electron chi connectivity index (χ4n) is 3.53. The molecule has 2 aromatic carbocycles. The van der Waals surface area contributed by atoms with E-state index >= 15 is 0 Å². The van der Waals surface area contributed by atoms with Crippen LogP contribution in [0.4, 0.5) is 10.2 Å². The molecule has 150 valence electrons. The molecule has 4 rings (SSSR count). The number of benzene rings is 2. The minimum Gasteiger partial charge on any atom is -0.482 e.